The quantitative estimate of drug-likeness (QED) is 0.643. The minimum absolute atomic E-state index is 0.0000142. The Morgan fingerprint density at radius 1 is 0.967 bits per heavy atom. The van der Waals surface area contributed by atoms with Crippen LogP contribution >= 0.6 is 0 Å². The molecule has 3 aromatic carbocycles. The van der Waals surface area contributed by atoms with E-state index in [4.69, 9.17) is 4.74 Å². The molecule has 30 heavy (non-hydrogen) atoms. The van der Waals surface area contributed by atoms with Gasteiger partial charge in [-0.3, -0.25) is 9.59 Å². The Morgan fingerprint density at radius 2 is 1.70 bits per heavy atom. The Kier molecular flexibility index (Phi) is 6.10. The fraction of sp³-hybridized carbons (Fsp3) is 0.280. The highest BCUT2D eigenvalue weighted by Crippen LogP contribution is 2.18. The smallest absolute Gasteiger partial charge is 0.260 e. The molecule has 154 valence electrons. The van der Waals surface area contributed by atoms with E-state index in [9.17, 15) is 9.59 Å². The van der Waals surface area contributed by atoms with Gasteiger partial charge in [0.2, 0.25) is 0 Å². The molecule has 3 aromatic rings. The number of amides is 1. The number of piperazine rings is 1. The third kappa shape index (κ3) is 4.69. The van der Waals surface area contributed by atoms with Crippen molar-refractivity contribution in [2.45, 2.75) is 13.5 Å². The number of carbonyl (C=O) groups excluding carboxylic acids is 2. The van der Waals surface area contributed by atoms with Gasteiger partial charge in [-0.25, -0.2) is 0 Å². The van der Waals surface area contributed by atoms with E-state index >= 15 is 0 Å². The van der Waals surface area contributed by atoms with Gasteiger partial charge in [0.05, 0.1) is 26.2 Å². The van der Waals surface area contributed by atoms with Crippen LogP contribution in [0.3, 0.4) is 0 Å². The number of hydrogen-bond donors (Lipinski definition) is 1. The molecule has 1 amide bonds. The lowest BCUT2D eigenvalue weighted by molar-refractivity contribution is -0.917. The normalized spacial score (nSPS) is 14.6. The molecule has 1 heterocycles. The summed E-state index contributed by atoms with van der Waals surface area (Å²) in [5, 5.41) is 2.58. The van der Waals surface area contributed by atoms with E-state index in [0.29, 0.717) is 11.3 Å². The summed E-state index contributed by atoms with van der Waals surface area (Å²) in [6.45, 7) is 5.80. The first kappa shape index (κ1) is 20.1. The van der Waals surface area contributed by atoms with Crippen molar-refractivity contribution in [1.29, 1.82) is 0 Å². The number of ether oxygens (including phenoxy) is 1. The summed E-state index contributed by atoms with van der Waals surface area (Å²) >= 11 is 0. The highest BCUT2D eigenvalue weighted by Gasteiger charge is 2.24. The SMILES string of the molecule is CC(=O)c1cccc(OCC(=O)N2CC[NH+](Cc3cccc4ccccc34)CC2)c1. The van der Waals surface area contributed by atoms with Gasteiger partial charge in [0.1, 0.15) is 12.3 Å². The molecule has 0 radical (unpaired) electrons. The molecule has 0 unspecified atom stereocenters. The van der Waals surface area contributed by atoms with Crippen LogP contribution in [0.2, 0.25) is 0 Å². The second-order valence-electron chi connectivity index (χ2n) is 7.82. The minimum atomic E-state index is -0.0166. The number of fused-ring (bicyclic) bond motifs is 1. The molecule has 0 saturated carbocycles. The summed E-state index contributed by atoms with van der Waals surface area (Å²) in [4.78, 5) is 27.4. The van der Waals surface area contributed by atoms with Crippen molar-refractivity contribution in [3.63, 3.8) is 0 Å². The van der Waals surface area contributed by atoms with Crippen molar-refractivity contribution < 1.29 is 19.2 Å². The fourth-order valence-electron chi connectivity index (χ4n) is 4.01. The maximum absolute atomic E-state index is 12.6. The molecule has 0 atom stereocenters. The third-order valence-electron chi connectivity index (χ3n) is 5.75. The standard InChI is InChI=1S/C25H26N2O3/c1-19(28)21-8-5-10-23(16-21)30-18-25(29)27-14-12-26(13-15-27)17-22-9-4-7-20-6-2-3-11-24(20)22/h2-11,16H,12-15,17-18H2,1H3/p+1. The van der Waals surface area contributed by atoms with E-state index in [1.165, 1.54) is 28.2 Å². The predicted molar refractivity (Wildman–Crippen MR) is 117 cm³/mol. The summed E-state index contributed by atoms with van der Waals surface area (Å²) in [6, 6.07) is 21.9. The zero-order chi connectivity index (χ0) is 20.9. The van der Waals surface area contributed by atoms with E-state index in [0.717, 1.165) is 32.7 Å². The molecular formula is C25H27N2O3+. The molecule has 1 saturated heterocycles. The van der Waals surface area contributed by atoms with E-state index in [-0.39, 0.29) is 18.3 Å². The van der Waals surface area contributed by atoms with Crippen LogP contribution in [0.1, 0.15) is 22.8 Å². The molecule has 1 aliphatic heterocycles. The van der Waals surface area contributed by atoms with E-state index in [1.807, 2.05) is 4.90 Å². The molecular weight excluding hydrogens is 376 g/mol. The van der Waals surface area contributed by atoms with Crippen LogP contribution in [0.15, 0.2) is 66.7 Å². The summed E-state index contributed by atoms with van der Waals surface area (Å²) < 4.78 is 5.63. The summed E-state index contributed by atoms with van der Waals surface area (Å²) in [5.74, 6) is 0.528. The molecule has 1 aliphatic rings. The monoisotopic (exact) mass is 403 g/mol. The van der Waals surface area contributed by atoms with Crippen LogP contribution in [-0.4, -0.2) is 49.4 Å². The van der Waals surface area contributed by atoms with Gasteiger partial charge < -0.3 is 14.5 Å². The Balaban J connectivity index is 1.29. The van der Waals surface area contributed by atoms with Gasteiger partial charge in [-0.05, 0) is 29.8 Å². The number of benzene rings is 3. The van der Waals surface area contributed by atoms with Gasteiger partial charge in [0.15, 0.2) is 12.4 Å². The molecule has 0 aliphatic carbocycles. The molecule has 1 fully saturated rings. The molecule has 1 N–H and O–H groups in total. The van der Waals surface area contributed by atoms with Crippen molar-refractivity contribution in [3.8, 4) is 5.75 Å². The van der Waals surface area contributed by atoms with E-state index in [2.05, 4.69) is 42.5 Å². The lowest BCUT2D eigenvalue weighted by atomic mass is 10.0. The van der Waals surface area contributed by atoms with Gasteiger partial charge in [-0.15, -0.1) is 0 Å². The number of rotatable bonds is 6. The van der Waals surface area contributed by atoms with Crippen molar-refractivity contribution in [2.24, 2.45) is 0 Å². The number of Topliss-reactive ketones (excluding diaryl/α,β-unsaturated/α-hetero) is 1. The van der Waals surface area contributed by atoms with Crippen molar-refractivity contribution in [2.75, 3.05) is 32.8 Å². The molecule has 4 rings (SSSR count). The zero-order valence-electron chi connectivity index (χ0n) is 17.3. The largest absolute Gasteiger partial charge is 0.484 e. The predicted octanol–water partition coefficient (Wildman–Crippen LogP) is 2.35. The average molecular weight is 404 g/mol. The number of nitrogens with zero attached hydrogens (tertiary/aromatic N) is 1. The first-order chi connectivity index (χ1) is 14.6. The fourth-order valence-corrected chi connectivity index (χ4v) is 4.01. The number of nitrogens with one attached hydrogen (secondary N) is 1. The van der Waals surface area contributed by atoms with Crippen LogP contribution in [0, 0.1) is 0 Å². The van der Waals surface area contributed by atoms with Crippen LogP contribution in [0.4, 0.5) is 0 Å². The Labute approximate surface area is 176 Å². The first-order valence-corrected chi connectivity index (χ1v) is 10.4. The second kappa shape index (κ2) is 9.09. The number of ketones is 1. The number of quaternary nitrogens is 1. The van der Waals surface area contributed by atoms with Crippen molar-refractivity contribution >= 4 is 22.5 Å². The average Bonchev–Trinajstić information content (AvgIpc) is 2.78. The summed E-state index contributed by atoms with van der Waals surface area (Å²) in [6.07, 6.45) is 0. The maximum Gasteiger partial charge on any atom is 0.260 e. The highest BCUT2D eigenvalue weighted by molar-refractivity contribution is 5.94. The van der Waals surface area contributed by atoms with Crippen LogP contribution < -0.4 is 9.64 Å². The van der Waals surface area contributed by atoms with Crippen LogP contribution in [-0.2, 0) is 11.3 Å². The lowest BCUT2D eigenvalue weighted by Gasteiger charge is -2.32. The molecule has 0 spiro atoms. The minimum Gasteiger partial charge on any atom is -0.484 e. The zero-order valence-corrected chi connectivity index (χ0v) is 17.3. The summed E-state index contributed by atoms with van der Waals surface area (Å²) in [7, 11) is 0. The number of carbonyl (C=O) groups is 2. The Hall–Kier alpha value is -3.18. The Morgan fingerprint density at radius 3 is 2.50 bits per heavy atom. The van der Waals surface area contributed by atoms with Crippen LogP contribution in [0.5, 0.6) is 5.75 Å². The van der Waals surface area contributed by atoms with E-state index < -0.39 is 0 Å². The van der Waals surface area contributed by atoms with Crippen molar-refractivity contribution in [3.05, 3.63) is 77.9 Å². The molecule has 5 nitrogen and oxygen atoms in total. The van der Waals surface area contributed by atoms with Gasteiger partial charge in [0.25, 0.3) is 5.91 Å². The van der Waals surface area contributed by atoms with E-state index in [1.54, 1.807) is 24.3 Å². The van der Waals surface area contributed by atoms with Crippen molar-refractivity contribution in [1.82, 2.24) is 4.90 Å². The maximum atomic E-state index is 12.6. The van der Waals surface area contributed by atoms with Gasteiger partial charge in [0, 0.05) is 11.1 Å². The Bertz CT molecular complexity index is 1050. The molecule has 0 bridgehead atoms. The van der Waals surface area contributed by atoms with Gasteiger partial charge in [-0.1, -0.05) is 54.6 Å². The molecule has 0 aromatic heterocycles. The summed E-state index contributed by atoms with van der Waals surface area (Å²) in [5.41, 5.74) is 1.95. The van der Waals surface area contributed by atoms with Gasteiger partial charge >= 0.3 is 0 Å². The second-order valence-corrected chi connectivity index (χ2v) is 7.82. The topological polar surface area (TPSA) is 51.1 Å². The lowest BCUT2D eigenvalue weighted by Crippen LogP contribution is -3.13. The van der Waals surface area contributed by atoms with Crippen LogP contribution in [0.25, 0.3) is 10.8 Å². The highest BCUT2D eigenvalue weighted by atomic mass is 16.5. The third-order valence-corrected chi connectivity index (χ3v) is 5.75. The molecule has 5 heteroatoms. The van der Waals surface area contributed by atoms with Gasteiger partial charge in [-0.2, -0.15) is 0 Å². The number of hydrogen-bond acceptors (Lipinski definition) is 3. The first-order valence-electron chi connectivity index (χ1n) is 10.4.